The van der Waals surface area contributed by atoms with E-state index in [0.29, 0.717) is 11.3 Å². The molecule has 1 N–H and O–H groups in total. The van der Waals surface area contributed by atoms with Gasteiger partial charge in [0.2, 0.25) is 0 Å². The zero-order valence-electron chi connectivity index (χ0n) is 11.5. The largest absolute Gasteiger partial charge is 0.317 e. The second kappa shape index (κ2) is 6.90. The highest BCUT2D eigenvalue weighted by atomic mass is 32.2. The first kappa shape index (κ1) is 15.2. The molecule has 3 nitrogen and oxygen atoms in total. The average Bonchev–Trinajstić information content (AvgIpc) is 2.32. The van der Waals surface area contributed by atoms with Crippen LogP contribution >= 0.6 is 0 Å². The van der Waals surface area contributed by atoms with Crippen molar-refractivity contribution in [3.05, 3.63) is 29.3 Å². The van der Waals surface area contributed by atoms with Crippen molar-refractivity contribution < 1.29 is 8.42 Å². The number of hydrogen-bond donors (Lipinski definition) is 1. The molecule has 0 saturated carbocycles. The lowest BCUT2D eigenvalue weighted by molar-refractivity contribution is 0.588. The van der Waals surface area contributed by atoms with Crippen molar-refractivity contribution in [2.75, 3.05) is 18.8 Å². The Morgan fingerprint density at radius 3 is 2.44 bits per heavy atom. The highest BCUT2D eigenvalue weighted by Crippen LogP contribution is 2.16. The third kappa shape index (κ3) is 4.42. The van der Waals surface area contributed by atoms with Crippen molar-refractivity contribution in [1.29, 1.82) is 0 Å². The summed E-state index contributed by atoms with van der Waals surface area (Å²) >= 11 is 0. The van der Waals surface area contributed by atoms with E-state index in [1.54, 1.807) is 12.1 Å². The second-order valence-electron chi connectivity index (χ2n) is 4.67. The highest BCUT2D eigenvalue weighted by molar-refractivity contribution is 7.91. The summed E-state index contributed by atoms with van der Waals surface area (Å²) in [6.07, 6.45) is 1.74. The van der Waals surface area contributed by atoms with Gasteiger partial charge in [0.1, 0.15) is 0 Å². The van der Waals surface area contributed by atoms with Gasteiger partial charge in [0, 0.05) is 0 Å². The fourth-order valence-corrected chi connectivity index (χ4v) is 3.11. The minimum atomic E-state index is -3.13. The van der Waals surface area contributed by atoms with Gasteiger partial charge in [-0.25, -0.2) is 8.42 Å². The van der Waals surface area contributed by atoms with Crippen molar-refractivity contribution in [3.8, 4) is 0 Å². The average molecular weight is 269 g/mol. The van der Waals surface area contributed by atoms with Crippen LogP contribution in [0, 0.1) is 13.8 Å². The number of aryl methyl sites for hydroxylation is 2. The quantitative estimate of drug-likeness (QED) is 0.773. The lowest BCUT2D eigenvalue weighted by Gasteiger charge is -2.07. The van der Waals surface area contributed by atoms with Gasteiger partial charge in [0.05, 0.1) is 10.6 Å². The van der Waals surface area contributed by atoms with Crippen molar-refractivity contribution in [1.82, 2.24) is 5.32 Å². The summed E-state index contributed by atoms with van der Waals surface area (Å²) in [5.74, 6) is 0.214. The molecule has 0 heterocycles. The number of hydrogen-bond acceptors (Lipinski definition) is 3. The summed E-state index contributed by atoms with van der Waals surface area (Å²) in [7, 11) is -3.13. The van der Waals surface area contributed by atoms with Crippen LogP contribution in [0.3, 0.4) is 0 Å². The molecule has 0 aliphatic rings. The standard InChI is InChI=1S/C14H23NO2S/c1-4-8-15-9-5-10-18(16,17)14-7-6-12(2)13(3)11-14/h6-7,11,15H,4-5,8-10H2,1-3H3. The maximum atomic E-state index is 12.1. The molecule has 1 aromatic carbocycles. The van der Waals surface area contributed by atoms with Gasteiger partial charge >= 0.3 is 0 Å². The SMILES string of the molecule is CCCNCCCS(=O)(=O)c1ccc(C)c(C)c1. The van der Waals surface area contributed by atoms with Crippen LogP contribution in [0.2, 0.25) is 0 Å². The van der Waals surface area contributed by atoms with Crippen LogP contribution < -0.4 is 5.32 Å². The number of nitrogens with one attached hydrogen (secondary N) is 1. The highest BCUT2D eigenvalue weighted by Gasteiger charge is 2.14. The minimum absolute atomic E-state index is 0.214. The van der Waals surface area contributed by atoms with E-state index in [1.807, 2.05) is 19.9 Å². The van der Waals surface area contributed by atoms with E-state index in [9.17, 15) is 8.42 Å². The zero-order valence-corrected chi connectivity index (χ0v) is 12.3. The van der Waals surface area contributed by atoms with Gasteiger partial charge in [-0.05, 0) is 63.0 Å². The van der Waals surface area contributed by atoms with Gasteiger partial charge < -0.3 is 5.32 Å². The monoisotopic (exact) mass is 269 g/mol. The Balaban J connectivity index is 2.60. The Bertz CT molecular complexity index is 481. The predicted molar refractivity (Wildman–Crippen MR) is 75.7 cm³/mol. The first-order chi connectivity index (χ1) is 8.47. The molecule has 18 heavy (non-hydrogen) atoms. The van der Waals surface area contributed by atoms with Crippen LogP contribution in [-0.2, 0) is 9.84 Å². The molecule has 4 heteroatoms. The van der Waals surface area contributed by atoms with E-state index in [1.165, 1.54) is 0 Å². The van der Waals surface area contributed by atoms with Gasteiger partial charge in [-0.1, -0.05) is 13.0 Å². The second-order valence-corrected chi connectivity index (χ2v) is 6.78. The van der Waals surface area contributed by atoms with Crippen molar-refractivity contribution in [2.24, 2.45) is 0 Å². The van der Waals surface area contributed by atoms with Crippen LogP contribution in [0.25, 0.3) is 0 Å². The normalized spacial score (nSPS) is 11.7. The topological polar surface area (TPSA) is 46.2 Å². The molecule has 0 aliphatic heterocycles. The van der Waals surface area contributed by atoms with E-state index in [0.717, 1.165) is 30.6 Å². The molecular weight excluding hydrogens is 246 g/mol. The van der Waals surface area contributed by atoms with E-state index < -0.39 is 9.84 Å². The molecule has 0 spiro atoms. The van der Waals surface area contributed by atoms with E-state index in [-0.39, 0.29) is 5.75 Å². The number of sulfone groups is 1. The molecule has 1 aromatic rings. The maximum absolute atomic E-state index is 12.1. The van der Waals surface area contributed by atoms with Crippen LogP contribution in [-0.4, -0.2) is 27.3 Å². The van der Waals surface area contributed by atoms with Crippen molar-refractivity contribution >= 4 is 9.84 Å². The first-order valence-corrected chi connectivity index (χ1v) is 8.13. The molecule has 102 valence electrons. The number of rotatable bonds is 7. The minimum Gasteiger partial charge on any atom is -0.317 e. The Labute approximate surface area is 111 Å². The van der Waals surface area contributed by atoms with Gasteiger partial charge in [-0.2, -0.15) is 0 Å². The zero-order chi connectivity index (χ0) is 13.6. The maximum Gasteiger partial charge on any atom is 0.178 e. The van der Waals surface area contributed by atoms with Crippen LogP contribution in [0.15, 0.2) is 23.1 Å². The lowest BCUT2D eigenvalue weighted by Crippen LogP contribution is -2.19. The van der Waals surface area contributed by atoms with Crippen LogP contribution in [0.5, 0.6) is 0 Å². The molecule has 0 radical (unpaired) electrons. The Hall–Kier alpha value is -0.870. The Morgan fingerprint density at radius 1 is 1.11 bits per heavy atom. The lowest BCUT2D eigenvalue weighted by atomic mass is 10.1. The molecule has 0 atom stereocenters. The summed E-state index contributed by atoms with van der Waals surface area (Å²) in [6.45, 7) is 7.73. The number of benzene rings is 1. The molecule has 1 rings (SSSR count). The first-order valence-electron chi connectivity index (χ1n) is 6.48. The van der Waals surface area contributed by atoms with Crippen molar-refractivity contribution in [3.63, 3.8) is 0 Å². The van der Waals surface area contributed by atoms with Gasteiger partial charge in [0.25, 0.3) is 0 Å². The molecule has 0 unspecified atom stereocenters. The molecule has 0 fully saturated rings. The summed E-state index contributed by atoms with van der Waals surface area (Å²) in [5.41, 5.74) is 2.15. The summed E-state index contributed by atoms with van der Waals surface area (Å²) in [5, 5.41) is 3.22. The van der Waals surface area contributed by atoms with Gasteiger partial charge in [-0.3, -0.25) is 0 Å². The Kier molecular flexibility index (Phi) is 5.82. The van der Waals surface area contributed by atoms with Gasteiger partial charge in [-0.15, -0.1) is 0 Å². The van der Waals surface area contributed by atoms with E-state index in [4.69, 9.17) is 0 Å². The molecule has 0 amide bonds. The molecule has 0 aromatic heterocycles. The van der Waals surface area contributed by atoms with Crippen LogP contribution in [0.4, 0.5) is 0 Å². The fourth-order valence-electron chi connectivity index (χ4n) is 1.71. The smallest absolute Gasteiger partial charge is 0.178 e. The summed E-state index contributed by atoms with van der Waals surface area (Å²) in [6, 6.07) is 5.35. The molecule has 0 saturated heterocycles. The third-order valence-electron chi connectivity index (χ3n) is 3.03. The third-order valence-corrected chi connectivity index (χ3v) is 4.83. The van der Waals surface area contributed by atoms with Gasteiger partial charge in [0.15, 0.2) is 9.84 Å². The van der Waals surface area contributed by atoms with E-state index in [2.05, 4.69) is 12.2 Å². The molecular formula is C14H23NO2S. The summed E-state index contributed by atoms with van der Waals surface area (Å²) in [4.78, 5) is 0.445. The Morgan fingerprint density at radius 2 is 1.83 bits per heavy atom. The predicted octanol–water partition coefficient (Wildman–Crippen LogP) is 2.47. The molecule has 0 aliphatic carbocycles. The van der Waals surface area contributed by atoms with E-state index >= 15 is 0 Å². The van der Waals surface area contributed by atoms with Crippen molar-refractivity contribution in [2.45, 2.75) is 38.5 Å². The summed E-state index contributed by atoms with van der Waals surface area (Å²) < 4.78 is 24.2. The fraction of sp³-hybridized carbons (Fsp3) is 0.571. The molecule has 0 bridgehead atoms. The van der Waals surface area contributed by atoms with Crippen LogP contribution in [0.1, 0.15) is 30.9 Å².